The molecule has 0 atom stereocenters. The van der Waals surface area contributed by atoms with E-state index in [-0.39, 0.29) is 5.91 Å². The summed E-state index contributed by atoms with van der Waals surface area (Å²) in [5.74, 6) is 0.751. The topological polar surface area (TPSA) is 43.1 Å². The average Bonchev–Trinajstić information content (AvgIpc) is 2.49. The van der Waals surface area contributed by atoms with E-state index in [4.69, 9.17) is 5.73 Å². The molecule has 1 aliphatic rings. The first-order valence-corrected chi connectivity index (χ1v) is 4.82. The number of amides is 1. The number of thioether (sulfide) groups is 1. The monoisotopic (exact) mass is 179 g/mol. The van der Waals surface area contributed by atoms with Crippen molar-refractivity contribution in [3.63, 3.8) is 0 Å². The average molecular weight is 179 g/mol. The van der Waals surface area contributed by atoms with Crippen LogP contribution < -0.4 is 5.73 Å². The second kappa shape index (κ2) is 2.83. The van der Waals surface area contributed by atoms with Gasteiger partial charge >= 0.3 is 0 Å². The fourth-order valence-electron chi connectivity index (χ4n) is 1.41. The van der Waals surface area contributed by atoms with Gasteiger partial charge in [0.25, 0.3) is 0 Å². The largest absolute Gasteiger partial charge is 0.366 e. The Kier molecular flexibility index (Phi) is 1.81. The van der Waals surface area contributed by atoms with Crippen molar-refractivity contribution >= 4 is 17.7 Å². The molecule has 0 aromatic heterocycles. The van der Waals surface area contributed by atoms with Crippen LogP contribution in [0.2, 0.25) is 0 Å². The van der Waals surface area contributed by atoms with Crippen molar-refractivity contribution in [1.29, 1.82) is 0 Å². The summed E-state index contributed by atoms with van der Waals surface area (Å²) in [7, 11) is 0. The predicted molar refractivity (Wildman–Crippen MR) is 49.4 cm³/mol. The summed E-state index contributed by atoms with van der Waals surface area (Å²) in [6, 6.07) is 5.74. The summed E-state index contributed by atoms with van der Waals surface area (Å²) in [5.41, 5.74) is 7.17. The number of aryl methyl sites for hydroxylation is 1. The van der Waals surface area contributed by atoms with Crippen LogP contribution in [0, 0.1) is 0 Å². The van der Waals surface area contributed by atoms with E-state index >= 15 is 0 Å². The number of hydrogen-bond acceptors (Lipinski definition) is 2. The van der Waals surface area contributed by atoms with Gasteiger partial charge in [-0.1, -0.05) is 12.1 Å². The fraction of sp³-hybridized carbons (Fsp3) is 0.222. The van der Waals surface area contributed by atoms with Crippen LogP contribution in [0.5, 0.6) is 0 Å². The highest BCUT2D eigenvalue weighted by Gasteiger charge is 2.17. The zero-order valence-corrected chi connectivity index (χ0v) is 7.36. The minimum atomic E-state index is -0.318. The maximum Gasteiger partial charge on any atom is 0.249 e. The summed E-state index contributed by atoms with van der Waals surface area (Å²) in [6.07, 6.45) is 1.06. The first-order chi connectivity index (χ1) is 5.79. The third-order valence-corrected chi connectivity index (χ3v) is 3.16. The highest BCUT2D eigenvalue weighted by Crippen LogP contribution is 2.33. The van der Waals surface area contributed by atoms with Gasteiger partial charge in [0, 0.05) is 10.6 Å². The summed E-state index contributed by atoms with van der Waals surface area (Å²) >= 11 is 1.72. The van der Waals surface area contributed by atoms with E-state index in [9.17, 15) is 4.79 Å². The van der Waals surface area contributed by atoms with Crippen LogP contribution in [0.3, 0.4) is 0 Å². The molecule has 2 nitrogen and oxygen atoms in total. The van der Waals surface area contributed by atoms with Gasteiger partial charge in [-0.05, 0) is 18.1 Å². The van der Waals surface area contributed by atoms with Crippen molar-refractivity contribution in [2.75, 3.05) is 5.75 Å². The molecule has 1 aromatic carbocycles. The predicted octanol–water partition coefficient (Wildman–Crippen LogP) is 1.43. The molecule has 0 aliphatic carbocycles. The second-order valence-electron chi connectivity index (χ2n) is 2.76. The van der Waals surface area contributed by atoms with E-state index in [1.54, 1.807) is 17.8 Å². The minimum Gasteiger partial charge on any atom is -0.366 e. The number of fused-ring (bicyclic) bond motifs is 1. The second-order valence-corrected chi connectivity index (χ2v) is 3.86. The van der Waals surface area contributed by atoms with E-state index in [1.807, 2.05) is 6.07 Å². The molecule has 1 aliphatic heterocycles. The van der Waals surface area contributed by atoms with Crippen LogP contribution in [0.1, 0.15) is 15.9 Å². The third kappa shape index (κ3) is 1.10. The van der Waals surface area contributed by atoms with Gasteiger partial charge in [-0.25, -0.2) is 0 Å². The first kappa shape index (κ1) is 7.68. The Morgan fingerprint density at radius 3 is 3.08 bits per heavy atom. The molecule has 0 unspecified atom stereocenters. The van der Waals surface area contributed by atoms with Gasteiger partial charge in [-0.3, -0.25) is 4.79 Å². The number of benzene rings is 1. The summed E-state index contributed by atoms with van der Waals surface area (Å²) in [6.45, 7) is 0. The van der Waals surface area contributed by atoms with E-state index < -0.39 is 0 Å². The Hall–Kier alpha value is -0.960. The van der Waals surface area contributed by atoms with Crippen LogP contribution in [0.15, 0.2) is 23.1 Å². The smallest absolute Gasteiger partial charge is 0.249 e. The highest BCUT2D eigenvalue weighted by molar-refractivity contribution is 7.99. The van der Waals surface area contributed by atoms with E-state index in [2.05, 4.69) is 6.07 Å². The number of nitrogens with two attached hydrogens (primary N) is 1. The lowest BCUT2D eigenvalue weighted by molar-refractivity contribution is 0.0997. The van der Waals surface area contributed by atoms with Crippen molar-refractivity contribution in [2.45, 2.75) is 11.3 Å². The maximum atomic E-state index is 11.0. The number of primary amides is 1. The molecule has 1 amide bonds. The molecular formula is C9H9NOS. The van der Waals surface area contributed by atoms with Crippen molar-refractivity contribution < 1.29 is 4.79 Å². The molecule has 3 heteroatoms. The molecule has 0 bridgehead atoms. The Morgan fingerprint density at radius 2 is 2.33 bits per heavy atom. The molecular weight excluding hydrogens is 170 g/mol. The standard InChI is InChI=1S/C9H9NOS/c10-9(11)7-3-1-2-6-4-5-12-8(6)7/h1-3H,4-5H2,(H2,10,11). The third-order valence-electron chi connectivity index (χ3n) is 1.98. The zero-order valence-electron chi connectivity index (χ0n) is 6.54. The molecule has 2 N–H and O–H groups in total. The minimum absolute atomic E-state index is 0.318. The number of rotatable bonds is 1. The molecule has 62 valence electrons. The quantitative estimate of drug-likeness (QED) is 0.708. The Morgan fingerprint density at radius 1 is 1.50 bits per heavy atom. The fourth-order valence-corrected chi connectivity index (χ4v) is 2.61. The molecule has 1 aromatic rings. The molecule has 0 saturated carbocycles. The lowest BCUT2D eigenvalue weighted by Crippen LogP contribution is -2.12. The van der Waals surface area contributed by atoms with Gasteiger partial charge in [0.2, 0.25) is 5.91 Å². The van der Waals surface area contributed by atoms with Gasteiger partial charge in [-0.2, -0.15) is 0 Å². The van der Waals surface area contributed by atoms with E-state index in [0.717, 1.165) is 17.1 Å². The van der Waals surface area contributed by atoms with Crippen LogP contribution in [0.25, 0.3) is 0 Å². The Balaban J connectivity index is 2.56. The van der Waals surface area contributed by atoms with E-state index in [1.165, 1.54) is 5.56 Å². The molecule has 2 rings (SSSR count). The van der Waals surface area contributed by atoms with Crippen LogP contribution >= 0.6 is 11.8 Å². The lowest BCUT2D eigenvalue weighted by atomic mass is 10.1. The SMILES string of the molecule is NC(=O)c1cccc2c1SCC2. The van der Waals surface area contributed by atoms with Crippen molar-refractivity contribution in [2.24, 2.45) is 5.73 Å². The first-order valence-electron chi connectivity index (χ1n) is 3.83. The normalized spacial score (nSPS) is 14.3. The molecule has 0 fully saturated rings. The summed E-state index contributed by atoms with van der Waals surface area (Å²) < 4.78 is 0. The zero-order chi connectivity index (χ0) is 8.55. The number of carbonyl (C=O) groups is 1. The van der Waals surface area contributed by atoms with Crippen molar-refractivity contribution in [3.05, 3.63) is 29.3 Å². The van der Waals surface area contributed by atoms with Crippen LogP contribution in [0.4, 0.5) is 0 Å². The molecule has 0 spiro atoms. The lowest BCUT2D eigenvalue weighted by Gasteiger charge is -2.02. The number of carbonyl (C=O) groups excluding carboxylic acids is 1. The number of hydrogen-bond donors (Lipinski definition) is 1. The van der Waals surface area contributed by atoms with Crippen LogP contribution in [-0.2, 0) is 6.42 Å². The summed E-state index contributed by atoms with van der Waals surface area (Å²) in [4.78, 5) is 12.1. The van der Waals surface area contributed by atoms with E-state index in [0.29, 0.717) is 5.56 Å². The molecule has 0 radical (unpaired) electrons. The summed E-state index contributed by atoms with van der Waals surface area (Å²) in [5, 5.41) is 0. The molecule has 1 heterocycles. The Labute approximate surface area is 75.1 Å². The van der Waals surface area contributed by atoms with Crippen molar-refractivity contribution in [3.8, 4) is 0 Å². The van der Waals surface area contributed by atoms with Crippen LogP contribution in [-0.4, -0.2) is 11.7 Å². The Bertz CT molecular complexity index is 335. The molecule has 12 heavy (non-hydrogen) atoms. The van der Waals surface area contributed by atoms with Gasteiger partial charge in [0.05, 0.1) is 5.56 Å². The van der Waals surface area contributed by atoms with Gasteiger partial charge in [0.15, 0.2) is 0 Å². The van der Waals surface area contributed by atoms with Crippen molar-refractivity contribution in [1.82, 2.24) is 0 Å². The van der Waals surface area contributed by atoms with Gasteiger partial charge < -0.3 is 5.73 Å². The maximum absolute atomic E-state index is 11.0. The highest BCUT2D eigenvalue weighted by atomic mass is 32.2. The van der Waals surface area contributed by atoms with Gasteiger partial charge in [-0.15, -0.1) is 11.8 Å². The van der Waals surface area contributed by atoms with Gasteiger partial charge in [0.1, 0.15) is 0 Å². The molecule has 0 saturated heterocycles.